The van der Waals surface area contributed by atoms with Crippen LogP contribution < -0.4 is 16.0 Å². The number of nitrogens with zero attached hydrogens (tertiary/aromatic N) is 2. The van der Waals surface area contributed by atoms with Crippen molar-refractivity contribution in [1.29, 1.82) is 0 Å². The summed E-state index contributed by atoms with van der Waals surface area (Å²) in [6.45, 7) is 0. The van der Waals surface area contributed by atoms with Gasteiger partial charge in [0.2, 0.25) is 0 Å². The molecule has 0 saturated heterocycles. The molecule has 1 heterocycles. The summed E-state index contributed by atoms with van der Waals surface area (Å²) < 4.78 is 7.15. The number of nitrogens with one attached hydrogen (secondary N) is 1. The summed E-state index contributed by atoms with van der Waals surface area (Å²) in [4.78, 5) is 0. The number of para-hydroxylation sites is 1. The highest BCUT2D eigenvalue weighted by molar-refractivity contribution is 5.34. The maximum Gasteiger partial charge on any atom is 0.122 e. The highest BCUT2D eigenvalue weighted by Gasteiger charge is 2.13. The quantitative estimate of drug-likeness (QED) is 0.602. The summed E-state index contributed by atoms with van der Waals surface area (Å²) in [6, 6.07) is 10.1. The second-order valence-corrected chi connectivity index (χ2v) is 4.56. The number of benzene rings is 1. The van der Waals surface area contributed by atoms with Crippen molar-refractivity contribution in [1.82, 2.24) is 15.2 Å². The molecule has 2 rings (SSSR count). The summed E-state index contributed by atoms with van der Waals surface area (Å²) >= 11 is 0. The standard InChI is InChI=1S/C14H20N4O/c1-18-8-7-12(17-18)10-13(16-15)9-11-5-3-4-6-14(11)19-2/h3-8,13,16H,9-10,15H2,1-2H3. The Labute approximate surface area is 113 Å². The van der Waals surface area contributed by atoms with Gasteiger partial charge in [-0.1, -0.05) is 18.2 Å². The van der Waals surface area contributed by atoms with E-state index in [1.54, 1.807) is 11.8 Å². The lowest BCUT2D eigenvalue weighted by atomic mass is 10.0. The van der Waals surface area contributed by atoms with Crippen molar-refractivity contribution in [2.45, 2.75) is 18.9 Å². The molecule has 1 unspecified atom stereocenters. The fourth-order valence-corrected chi connectivity index (χ4v) is 2.15. The van der Waals surface area contributed by atoms with Gasteiger partial charge in [-0.15, -0.1) is 0 Å². The Balaban J connectivity index is 2.06. The number of ether oxygens (including phenoxy) is 1. The first-order valence-electron chi connectivity index (χ1n) is 6.29. The Morgan fingerprint density at radius 3 is 2.74 bits per heavy atom. The van der Waals surface area contributed by atoms with Gasteiger partial charge in [0.1, 0.15) is 5.75 Å². The second-order valence-electron chi connectivity index (χ2n) is 4.56. The van der Waals surface area contributed by atoms with E-state index in [9.17, 15) is 0 Å². The zero-order chi connectivity index (χ0) is 13.7. The van der Waals surface area contributed by atoms with Gasteiger partial charge in [0.25, 0.3) is 0 Å². The number of nitrogens with two attached hydrogens (primary N) is 1. The molecule has 0 radical (unpaired) electrons. The normalized spacial score (nSPS) is 12.4. The molecule has 0 spiro atoms. The van der Waals surface area contributed by atoms with Gasteiger partial charge in [-0.2, -0.15) is 5.10 Å². The van der Waals surface area contributed by atoms with Crippen LogP contribution in [-0.4, -0.2) is 22.9 Å². The van der Waals surface area contributed by atoms with E-state index in [0.717, 1.165) is 29.8 Å². The molecule has 0 aliphatic rings. The summed E-state index contributed by atoms with van der Waals surface area (Å²) in [5.74, 6) is 6.53. The lowest BCUT2D eigenvalue weighted by Crippen LogP contribution is -2.38. The van der Waals surface area contributed by atoms with E-state index in [-0.39, 0.29) is 6.04 Å². The average molecular weight is 260 g/mol. The number of methoxy groups -OCH3 is 1. The summed E-state index contributed by atoms with van der Waals surface area (Å²) in [5, 5.41) is 4.37. The van der Waals surface area contributed by atoms with Crippen molar-refractivity contribution >= 4 is 0 Å². The molecule has 0 fully saturated rings. The van der Waals surface area contributed by atoms with Crippen molar-refractivity contribution in [3.8, 4) is 5.75 Å². The minimum Gasteiger partial charge on any atom is -0.496 e. The van der Waals surface area contributed by atoms with E-state index >= 15 is 0 Å². The van der Waals surface area contributed by atoms with Gasteiger partial charge in [-0.05, 0) is 24.1 Å². The van der Waals surface area contributed by atoms with E-state index in [1.807, 2.05) is 37.5 Å². The fourth-order valence-electron chi connectivity index (χ4n) is 2.15. The minimum absolute atomic E-state index is 0.131. The molecule has 1 aromatic carbocycles. The largest absolute Gasteiger partial charge is 0.496 e. The van der Waals surface area contributed by atoms with Crippen LogP contribution in [-0.2, 0) is 19.9 Å². The molecule has 3 N–H and O–H groups in total. The molecule has 0 saturated carbocycles. The van der Waals surface area contributed by atoms with Crippen LogP contribution in [0.1, 0.15) is 11.3 Å². The molecule has 0 aliphatic carbocycles. The zero-order valence-electron chi connectivity index (χ0n) is 11.3. The summed E-state index contributed by atoms with van der Waals surface area (Å²) in [6.07, 6.45) is 3.53. The Bertz CT molecular complexity index is 524. The number of hydrogen-bond donors (Lipinski definition) is 2. The van der Waals surface area contributed by atoms with E-state index in [4.69, 9.17) is 10.6 Å². The van der Waals surface area contributed by atoms with E-state index in [0.29, 0.717) is 0 Å². The van der Waals surface area contributed by atoms with Crippen molar-refractivity contribution in [3.05, 3.63) is 47.8 Å². The van der Waals surface area contributed by atoms with Gasteiger partial charge < -0.3 is 4.74 Å². The van der Waals surface area contributed by atoms with Crippen molar-refractivity contribution in [2.75, 3.05) is 7.11 Å². The van der Waals surface area contributed by atoms with Gasteiger partial charge >= 0.3 is 0 Å². The average Bonchev–Trinajstić information content (AvgIpc) is 2.84. The number of rotatable bonds is 6. The van der Waals surface area contributed by atoms with Crippen molar-refractivity contribution < 1.29 is 4.74 Å². The van der Waals surface area contributed by atoms with Gasteiger partial charge in [0, 0.05) is 25.7 Å². The lowest BCUT2D eigenvalue weighted by Gasteiger charge is -2.16. The predicted octanol–water partition coefficient (Wildman–Crippen LogP) is 1.05. The second kappa shape index (κ2) is 6.36. The Morgan fingerprint density at radius 1 is 1.32 bits per heavy atom. The van der Waals surface area contributed by atoms with Crippen LogP contribution in [0.5, 0.6) is 5.75 Å². The third-order valence-electron chi connectivity index (χ3n) is 3.12. The molecule has 2 aromatic rings. The minimum atomic E-state index is 0.131. The molecular weight excluding hydrogens is 240 g/mol. The summed E-state index contributed by atoms with van der Waals surface area (Å²) in [7, 11) is 3.59. The first kappa shape index (κ1) is 13.6. The fraction of sp³-hybridized carbons (Fsp3) is 0.357. The first-order chi connectivity index (χ1) is 9.22. The number of hydrogen-bond acceptors (Lipinski definition) is 4. The van der Waals surface area contributed by atoms with Gasteiger partial charge in [0.05, 0.1) is 12.8 Å². The van der Waals surface area contributed by atoms with E-state index in [2.05, 4.69) is 16.6 Å². The monoisotopic (exact) mass is 260 g/mol. The maximum atomic E-state index is 5.64. The van der Waals surface area contributed by atoms with Crippen LogP contribution in [0.4, 0.5) is 0 Å². The summed E-state index contributed by atoms with van der Waals surface area (Å²) in [5.41, 5.74) is 5.03. The molecular formula is C14H20N4O. The Hall–Kier alpha value is -1.85. The molecule has 1 atom stereocenters. The number of aryl methyl sites for hydroxylation is 1. The number of aromatic nitrogens is 2. The molecule has 5 heteroatoms. The smallest absolute Gasteiger partial charge is 0.122 e. The molecule has 1 aromatic heterocycles. The maximum absolute atomic E-state index is 5.64. The molecule has 102 valence electrons. The SMILES string of the molecule is COc1ccccc1CC(Cc1ccn(C)n1)NN. The van der Waals surface area contributed by atoms with Crippen LogP contribution in [0.2, 0.25) is 0 Å². The van der Waals surface area contributed by atoms with Gasteiger partial charge in [-0.3, -0.25) is 16.0 Å². The Kier molecular flexibility index (Phi) is 4.54. The van der Waals surface area contributed by atoms with Crippen LogP contribution in [0.25, 0.3) is 0 Å². The molecule has 0 bridgehead atoms. The third-order valence-corrected chi connectivity index (χ3v) is 3.12. The molecule has 19 heavy (non-hydrogen) atoms. The van der Waals surface area contributed by atoms with Crippen LogP contribution in [0.15, 0.2) is 36.5 Å². The van der Waals surface area contributed by atoms with Crippen LogP contribution >= 0.6 is 0 Å². The third kappa shape index (κ3) is 3.56. The van der Waals surface area contributed by atoms with Crippen LogP contribution in [0.3, 0.4) is 0 Å². The molecule has 0 amide bonds. The topological polar surface area (TPSA) is 65.1 Å². The predicted molar refractivity (Wildman–Crippen MR) is 74.7 cm³/mol. The highest BCUT2D eigenvalue weighted by atomic mass is 16.5. The van der Waals surface area contributed by atoms with Crippen LogP contribution in [0, 0.1) is 0 Å². The van der Waals surface area contributed by atoms with Crippen molar-refractivity contribution in [2.24, 2.45) is 12.9 Å². The number of hydrazine groups is 1. The lowest BCUT2D eigenvalue weighted by molar-refractivity contribution is 0.404. The first-order valence-corrected chi connectivity index (χ1v) is 6.29. The highest BCUT2D eigenvalue weighted by Crippen LogP contribution is 2.19. The van der Waals surface area contributed by atoms with E-state index in [1.165, 1.54) is 0 Å². The Morgan fingerprint density at radius 2 is 2.11 bits per heavy atom. The molecule has 5 nitrogen and oxygen atoms in total. The molecule has 0 aliphatic heterocycles. The van der Waals surface area contributed by atoms with Gasteiger partial charge in [-0.25, -0.2) is 0 Å². The van der Waals surface area contributed by atoms with Gasteiger partial charge in [0.15, 0.2) is 0 Å². The zero-order valence-corrected chi connectivity index (χ0v) is 11.3. The van der Waals surface area contributed by atoms with E-state index < -0.39 is 0 Å². The van der Waals surface area contributed by atoms with Crippen molar-refractivity contribution in [3.63, 3.8) is 0 Å².